The average Bonchev–Trinajstić information content (AvgIpc) is 3.20. The summed E-state index contributed by atoms with van der Waals surface area (Å²) in [7, 11) is 0. The molecule has 2 aromatic rings. The molecule has 0 unspecified atom stereocenters. The summed E-state index contributed by atoms with van der Waals surface area (Å²) in [5.74, 6) is 1.69. The third kappa shape index (κ3) is 2.87. The fourth-order valence-electron chi connectivity index (χ4n) is 2.07. The van der Waals surface area contributed by atoms with Gasteiger partial charge in [0.25, 0.3) is 0 Å². The molecular weight excluding hydrogens is 238 g/mol. The number of pyridine rings is 1. The second kappa shape index (κ2) is 4.92. The summed E-state index contributed by atoms with van der Waals surface area (Å²) in [6.45, 7) is 2.81. The Morgan fingerprint density at radius 2 is 2.16 bits per heavy atom. The van der Waals surface area contributed by atoms with Gasteiger partial charge in [0, 0.05) is 17.8 Å². The molecule has 3 nitrogen and oxygen atoms in total. The Morgan fingerprint density at radius 3 is 2.84 bits per heavy atom. The van der Waals surface area contributed by atoms with Crippen molar-refractivity contribution in [2.45, 2.75) is 19.8 Å². The van der Waals surface area contributed by atoms with Crippen molar-refractivity contribution in [3.63, 3.8) is 0 Å². The highest BCUT2D eigenvalue weighted by atomic mass is 16.5. The van der Waals surface area contributed by atoms with Gasteiger partial charge in [0.1, 0.15) is 5.75 Å². The highest BCUT2D eigenvalue weighted by molar-refractivity contribution is 5.67. The molecule has 0 bridgehead atoms. The van der Waals surface area contributed by atoms with Gasteiger partial charge in [-0.1, -0.05) is 12.1 Å². The van der Waals surface area contributed by atoms with Crippen LogP contribution in [-0.4, -0.2) is 16.7 Å². The zero-order valence-electron chi connectivity index (χ0n) is 11.0. The molecule has 1 aromatic carbocycles. The molecule has 1 N–H and O–H groups in total. The summed E-state index contributed by atoms with van der Waals surface area (Å²) in [5.41, 5.74) is 3.10. The number of phenolic OH excluding ortho intramolecular Hbond substituents is 1. The lowest BCUT2D eigenvalue weighted by Crippen LogP contribution is -2.01. The molecule has 0 aliphatic heterocycles. The minimum Gasteiger partial charge on any atom is -0.508 e. The van der Waals surface area contributed by atoms with E-state index in [1.54, 1.807) is 12.1 Å². The number of aromatic hydroxyl groups is 1. The number of phenols is 1. The first kappa shape index (κ1) is 12.0. The van der Waals surface area contributed by atoms with E-state index in [1.165, 1.54) is 12.8 Å². The molecule has 1 aliphatic carbocycles. The van der Waals surface area contributed by atoms with E-state index < -0.39 is 0 Å². The van der Waals surface area contributed by atoms with Crippen LogP contribution < -0.4 is 4.74 Å². The Kier molecular flexibility index (Phi) is 3.11. The van der Waals surface area contributed by atoms with Gasteiger partial charge in [0.2, 0.25) is 5.88 Å². The number of rotatable bonds is 4. The molecule has 1 heterocycles. The first-order chi connectivity index (χ1) is 9.22. The number of nitrogens with zero attached hydrogens (tertiary/aromatic N) is 1. The van der Waals surface area contributed by atoms with E-state index in [-0.39, 0.29) is 5.75 Å². The molecule has 0 atom stereocenters. The van der Waals surface area contributed by atoms with Gasteiger partial charge in [0.05, 0.1) is 6.61 Å². The molecule has 1 aliphatic rings. The van der Waals surface area contributed by atoms with E-state index in [2.05, 4.69) is 4.98 Å². The Balaban J connectivity index is 1.82. The maximum atomic E-state index is 9.53. The average molecular weight is 255 g/mol. The molecule has 1 aromatic heterocycles. The van der Waals surface area contributed by atoms with Gasteiger partial charge >= 0.3 is 0 Å². The zero-order valence-corrected chi connectivity index (χ0v) is 11.0. The second-order valence-corrected chi connectivity index (χ2v) is 5.14. The van der Waals surface area contributed by atoms with Crippen LogP contribution in [0, 0.1) is 12.8 Å². The molecule has 3 heteroatoms. The van der Waals surface area contributed by atoms with Crippen LogP contribution >= 0.6 is 0 Å². The van der Waals surface area contributed by atoms with Crippen molar-refractivity contribution in [2.75, 3.05) is 6.61 Å². The largest absolute Gasteiger partial charge is 0.508 e. The Labute approximate surface area is 112 Å². The van der Waals surface area contributed by atoms with E-state index in [0.29, 0.717) is 5.88 Å². The monoisotopic (exact) mass is 255 g/mol. The number of aryl methyl sites for hydroxylation is 1. The molecule has 98 valence electrons. The van der Waals surface area contributed by atoms with Gasteiger partial charge in [-0.25, -0.2) is 4.98 Å². The Bertz CT molecular complexity index is 591. The molecular formula is C16H17NO2. The normalized spacial score (nSPS) is 14.4. The van der Waals surface area contributed by atoms with Crippen LogP contribution in [0.3, 0.4) is 0 Å². The first-order valence-corrected chi connectivity index (χ1v) is 6.61. The molecule has 0 radical (unpaired) electrons. The highest BCUT2D eigenvalue weighted by Gasteiger charge is 2.22. The number of benzene rings is 1. The zero-order chi connectivity index (χ0) is 13.2. The minimum absolute atomic E-state index is 0.269. The van der Waals surface area contributed by atoms with Gasteiger partial charge in [-0.2, -0.15) is 0 Å². The quantitative estimate of drug-likeness (QED) is 0.908. The summed E-state index contributed by atoms with van der Waals surface area (Å²) < 4.78 is 5.66. The molecule has 0 spiro atoms. The van der Waals surface area contributed by atoms with Crippen LogP contribution in [0.2, 0.25) is 0 Å². The van der Waals surface area contributed by atoms with Crippen molar-refractivity contribution < 1.29 is 9.84 Å². The van der Waals surface area contributed by atoms with Crippen LogP contribution in [0.25, 0.3) is 11.1 Å². The maximum Gasteiger partial charge on any atom is 0.213 e. The summed E-state index contributed by atoms with van der Waals surface area (Å²) in [6, 6.07) is 9.17. The van der Waals surface area contributed by atoms with Crippen molar-refractivity contribution in [3.05, 3.63) is 42.1 Å². The van der Waals surface area contributed by atoms with E-state index in [0.717, 1.165) is 29.2 Å². The molecule has 1 fully saturated rings. The van der Waals surface area contributed by atoms with Crippen molar-refractivity contribution in [1.29, 1.82) is 0 Å². The van der Waals surface area contributed by atoms with Gasteiger partial charge < -0.3 is 9.84 Å². The van der Waals surface area contributed by atoms with Crippen LogP contribution in [0.1, 0.15) is 18.4 Å². The Morgan fingerprint density at radius 1 is 1.32 bits per heavy atom. The summed E-state index contributed by atoms with van der Waals surface area (Å²) >= 11 is 0. The molecule has 19 heavy (non-hydrogen) atoms. The van der Waals surface area contributed by atoms with E-state index in [9.17, 15) is 5.11 Å². The number of ether oxygens (including phenoxy) is 1. The van der Waals surface area contributed by atoms with Gasteiger partial charge in [-0.15, -0.1) is 0 Å². The lowest BCUT2D eigenvalue weighted by atomic mass is 10.0. The lowest BCUT2D eigenvalue weighted by molar-refractivity contribution is 0.288. The van der Waals surface area contributed by atoms with Crippen molar-refractivity contribution >= 4 is 0 Å². The fraction of sp³-hybridized carbons (Fsp3) is 0.312. The van der Waals surface area contributed by atoms with Gasteiger partial charge in [-0.05, 0) is 48.9 Å². The predicted molar refractivity (Wildman–Crippen MR) is 74.3 cm³/mol. The van der Waals surface area contributed by atoms with Gasteiger partial charge in [-0.3, -0.25) is 0 Å². The number of aromatic nitrogens is 1. The number of hydrogen-bond donors (Lipinski definition) is 1. The van der Waals surface area contributed by atoms with Crippen LogP contribution in [0.4, 0.5) is 0 Å². The molecule has 1 saturated carbocycles. The maximum absolute atomic E-state index is 9.53. The van der Waals surface area contributed by atoms with Crippen molar-refractivity contribution in [2.24, 2.45) is 5.92 Å². The van der Waals surface area contributed by atoms with E-state index >= 15 is 0 Å². The van der Waals surface area contributed by atoms with Gasteiger partial charge in [0.15, 0.2) is 0 Å². The Hall–Kier alpha value is -2.03. The molecule has 0 saturated heterocycles. The first-order valence-electron chi connectivity index (χ1n) is 6.61. The van der Waals surface area contributed by atoms with Crippen molar-refractivity contribution in [1.82, 2.24) is 4.98 Å². The predicted octanol–water partition coefficient (Wildman–Crippen LogP) is 3.55. The standard InChI is InChI=1S/C16H17NO2/c1-11-7-16(19-10-12-5-6-12)17-9-15(11)13-3-2-4-14(18)8-13/h2-4,7-9,12,18H,5-6,10H2,1H3. The summed E-state index contributed by atoms with van der Waals surface area (Å²) in [5, 5.41) is 9.53. The smallest absolute Gasteiger partial charge is 0.213 e. The van der Waals surface area contributed by atoms with E-state index in [4.69, 9.17) is 4.74 Å². The van der Waals surface area contributed by atoms with Crippen LogP contribution in [-0.2, 0) is 0 Å². The third-order valence-electron chi connectivity index (χ3n) is 3.41. The van der Waals surface area contributed by atoms with Crippen LogP contribution in [0.5, 0.6) is 11.6 Å². The summed E-state index contributed by atoms with van der Waals surface area (Å²) in [6.07, 6.45) is 4.37. The molecule has 3 rings (SSSR count). The van der Waals surface area contributed by atoms with Crippen molar-refractivity contribution in [3.8, 4) is 22.8 Å². The summed E-state index contributed by atoms with van der Waals surface area (Å²) in [4.78, 5) is 4.34. The minimum atomic E-state index is 0.269. The topological polar surface area (TPSA) is 42.4 Å². The molecule has 0 amide bonds. The second-order valence-electron chi connectivity index (χ2n) is 5.14. The van der Waals surface area contributed by atoms with E-state index in [1.807, 2.05) is 31.3 Å². The van der Waals surface area contributed by atoms with Crippen LogP contribution in [0.15, 0.2) is 36.5 Å². The third-order valence-corrected chi connectivity index (χ3v) is 3.41. The number of hydrogen-bond acceptors (Lipinski definition) is 3. The fourth-order valence-corrected chi connectivity index (χ4v) is 2.07. The lowest BCUT2D eigenvalue weighted by Gasteiger charge is -2.09. The SMILES string of the molecule is Cc1cc(OCC2CC2)ncc1-c1cccc(O)c1. The highest BCUT2D eigenvalue weighted by Crippen LogP contribution is 2.30.